The number of hydrogen-bond donors (Lipinski definition) is 1. The highest BCUT2D eigenvalue weighted by Gasteiger charge is 2.13. The summed E-state index contributed by atoms with van der Waals surface area (Å²) < 4.78 is 26.3. The van der Waals surface area contributed by atoms with Crippen molar-refractivity contribution in [3.8, 4) is 0 Å². The maximum Gasteiger partial charge on any atom is 0.159 e. The van der Waals surface area contributed by atoms with E-state index >= 15 is 0 Å². The molecule has 0 aliphatic rings. The summed E-state index contributed by atoms with van der Waals surface area (Å²) in [7, 11) is 1.91. The van der Waals surface area contributed by atoms with Gasteiger partial charge in [0.15, 0.2) is 11.6 Å². The molecule has 21 heavy (non-hydrogen) atoms. The standard InChI is InChI=1S/C18H21F2N/c1-13-5-3-4-6-16(13)10-15(12-21-2)9-14-7-8-17(19)18(20)11-14/h3-8,11,15,21H,9-10,12H2,1-2H3. The second-order valence-corrected chi connectivity index (χ2v) is 5.51. The molecule has 0 amide bonds. The summed E-state index contributed by atoms with van der Waals surface area (Å²) in [5.41, 5.74) is 3.41. The Labute approximate surface area is 125 Å². The van der Waals surface area contributed by atoms with Crippen molar-refractivity contribution in [1.82, 2.24) is 5.32 Å². The number of halogens is 2. The van der Waals surface area contributed by atoms with Gasteiger partial charge in [0.25, 0.3) is 0 Å². The van der Waals surface area contributed by atoms with Crippen LogP contribution < -0.4 is 5.32 Å². The lowest BCUT2D eigenvalue weighted by molar-refractivity contribution is 0.482. The monoisotopic (exact) mass is 289 g/mol. The Kier molecular flexibility index (Phi) is 5.45. The van der Waals surface area contributed by atoms with Gasteiger partial charge in [0.05, 0.1) is 0 Å². The minimum atomic E-state index is -0.789. The molecule has 0 aliphatic carbocycles. The second-order valence-electron chi connectivity index (χ2n) is 5.51. The zero-order valence-electron chi connectivity index (χ0n) is 12.5. The van der Waals surface area contributed by atoms with Gasteiger partial charge in [0.2, 0.25) is 0 Å². The van der Waals surface area contributed by atoms with Crippen LogP contribution in [0.4, 0.5) is 8.78 Å². The Hall–Kier alpha value is -1.74. The van der Waals surface area contributed by atoms with Crippen LogP contribution in [0.5, 0.6) is 0 Å². The van der Waals surface area contributed by atoms with Crippen molar-refractivity contribution in [2.45, 2.75) is 19.8 Å². The van der Waals surface area contributed by atoms with E-state index in [9.17, 15) is 8.78 Å². The van der Waals surface area contributed by atoms with Crippen LogP contribution in [0.25, 0.3) is 0 Å². The van der Waals surface area contributed by atoms with Gasteiger partial charge in [-0.15, -0.1) is 0 Å². The van der Waals surface area contributed by atoms with Crippen LogP contribution in [-0.2, 0) is 12.8 Å². The minimum Gasteiger partial charge on any atom is -0.319 e. The first-order chi connectivity index (χ1) is 10.1. The van der Waals surface area contributed by atoms with Gasteiger partial charge in [-0.25, -0.2) is 8.78 Å². The quantitative estimate of drug-likeness (QED) is 0.850. The Morgan fingerprint density at radius 1 is 1.00 bits per heavy atom. The third kappa shape index (κ3) is 4.36. The van der Waals surface area contributed by atoms with Gasteiger partial charge < -0.3 is 5.32 Å². The van der Waals surface area contributed by atoms with Gasteiger partial charge in [0, 0.05) is 0 Å². The van der Waals surface area contributed by atoms with Crippen molar-refractivity contribution in [2.24, 2.45) is 5.92 Å². The average Bonchev–Trinajstić information content (AvgIpc) is 2.46. The third-order valence-corrected chi connectivity index (χ3v) is 3.77. The van der Waals surface area contributed by atoms with Gasteiger partial charge in [-0.3, -0.25) is 0 Å². The van der Waals surface area contributed by atoms with E-state index in [1.54, 1.807) is 6.07 Å². The normalized spacial score (nSPS) is 12.4. The Balaban J connectivity index is 2.11. The first kappa shape index (κ1) is 15.6. The number of aryl methyl sites for hydroxylation is 1. The molecule has 0 fully saturated rings. The van der Waals surface area contributed by atoms with Gasteiger partial charge in [-0.1, -0.05) is 30.3 Å². The summed E-state index contributed by atoms with van der Waals surface area (Å²) in [5.74, 6) is -1.21. The van der Waals surface area contributed by atoms with Gasteiger partial charge >= 0.3 is 0 Å². The lowest BCUT2D eigenvalue weighted by Crippen LogP contribution is -2.23. The SMILES string of the molecule is CNCC(Cc1ccc(F)c(F)c1)Cc1ccccc1C. The first-order valence-electron chi connectivity index (χ1n) is 7.23. The van der Waals surface area contributed by atoms with Gasteiger partial charge in [-0.05, 0) is 68.1 Å². The topological polar surface area (TPSA) is 12.0 Å². The van der Waals surface area contributed by atoms with Crippen molar-refractivity contribution in [2.75, 3.05) is 13.6 Å². The summed E-state index contributed by atoms with van der Waals surface area (Å²) in [4.78, 5) is 0. The van der Waals surface area contributed by atoms with E-state index < -0.39 is 11.6 Å². The molecule has 0 radical (unpaired) electrons. The van der Waals surface area contributed by atoms with Crippen molar-refractivity contribution < 1.29 is 8.78 Å². The molecule has 2 aromatic carbocycles. The molecule has 0 aliphatic heterocycles. The molecule has 2 aromatic rings. The highest BCUT2D eigenvalue weighted by molar-refractivity contribution is 5.26. The molecule has 1 atom stereocenters. The van der Waals surface area contributed by atoms with E-state index in [1.165, 1.54) is 23.3 Å². The molecule has 0 heterocycles. The number of nitrogens with one attached hydrogen (secondary N) is 1. The Bertz CT molecular complexity index is 596. The fourth-order valence-electron chi connectivity index (χ4n) is 2.66. The van der Waals surface area contributed by atoms with Gasteiger partial charge in [0.1, 0.15) is 0 Å². The highest BCUT2D eigenvalue weighted by Crippen LogP contribution is 2.18. The van der Waals surface area contributed by atoms with Crippen molar-refractivity contribution in [3.05, 3.63) is 70.8 Å². The fraction of sp³-hybridized carbons (Fsp3) is 0.333. The molecule has 1 nitrogen and oxygen atoms in total. The molecular formula is C18H21F2N. The molecule has 1 unspecified atom stereocenters. The zero-order chi connectivity index (χ0) is 15.2. The number of hydrogen-bond acceptors (Lipinski definition) is 1. The van der Waals surface area contributed by atoms with Gasteiger partial charge in [-0.2, -0.15) is 0 Å². The second kappa shape index (κ2) is 7.32. The average molecular weight is 289 g/mol. The van der Waals surface area contributed by atoms with Crippen LogP contribution >= 0.6 is 0 Å². The molecule has 1 N–H and O–H groups in total. The zero-order valence-corrected chi connectivity index (χ0v) is 12.5. The van der Waals surface area contributed by atoms with Crippen LogP contribution in [0.3, 0.4) is 0 Å². The number of benzene rings is 2. The summed E-state index contributed by atoms with van der Waals surface area (Å²) in [6, 6.07) is 12.5. The molecule has 0 aromatic heterocycles. The van der Waals surface area contributed by atoms with Crippen LogP contribution in [0.2, 0.25) is 0 Å². The fourth-order valence-corrected chi connectivity index (χ4v) is 2.66. The molecular weight excluding hydrogens is 268 g/mol. The maximum atomic E-state index is 13.3. The van der Waals surface area contributed by atoms with Crippen LogP contribution in [0, 0.1) is 24.5 Å². The lowest BCUT2D eigenvalue weighted by Gasteiger charge is -2.18. The molecule has 0 bridgehead atoms. The largest absolute Gasteiger partial charge is 0.319 e. The summed E-state index contributed by atoms with van der Waals surface area (Å²) in [5, 5.41) is 3.19. The maximum absolute atomic E-state index is 13.3. The molecule has 0 spiro atoms. The Morgan fingerprint density at radius 3 is 2.43 bits per heavy atom. The summed E-state index contributed by atoms with van der Waals surface area (Å²) in [6.07, 6.45) is 1.65. The van der Waals surface area contributed by atoms with Crippen molar-refractivity contribution in [3.63, 3.8) is 0 Å². The van der Waals surface area contributed by atoms with E-state index in [0.717, 1.165) is 24.9 Å². The predicted molar refractivity (Wildman–Crippen MR) is 82.4 cm³/mol. The van der Waals surface area contributed by atoms with Crippen molar-refractivity contribution in [1.29, 1.82) is 0 Å². The van der Waals surface area contributed by atoms with Crippen molar-refractivity contribution >= 4 is 0 Å². The first-order valence-corrected chi connectivity index (χ1v) is 7.23. The Morgan fingerprint density at radius 2 is 1.76 bits per heavy atom. The smallest absolute Gasteiger partial charge is 0.159 e. The van der Waals surface area contributed by atoms with E-state index in [-0.39, 0.29) is 0 Å². The number of rotatable bonds is 6. The summed E-state index contributed by atoms with van der Waals surface area (Å²) in [6.45, 7) is 2.94. The minimum absolute atomic E-state index is 0.348. The van der Waals surface area contributed by atoms with E-state index in [4.69, 9.17) is 0 Å². The molecule has 0 saturated carbocycles. The molecule has 2 rings (SSSR count). The highest BCUT2D eigenvalue weighted by atomic mass is 19.2. The predicted octanol–water partition coefficient (Wildman–Crippen LogP) is 3.89. The van der Waals surface area contributed by atoms with E-state index in [0.29, 0.717) is 5.92 Å². The van der Waals surface area contributed by atoms with Crippen LogP contribution in [-0.4, -0.2) is 13.6 Å². The van der Waals surface area contributed by atoms with Crippen LogP contribution in [0.1, 0.15) is 16.7 Å². The van der Waals surface area contributed by atoms with E-state index in [1.807, 2.05) is 19.2 Å². The molecule has 0 saturated heterocycles. The van der Waals surface area contributed by atoms with E-state index in [2.05, 4.69) is 24.4 Å². The molecule has 112 valence electrons. The van der Waals surface area contributed by atoms with Crippen LogP contribution in [0.15, 0.2) is 42.5 Å². The molecule has 3 heteroatoms. The summed E-state index contributed by atoms with van der Waals surface area (Å²) >= 11 is 0. The lowest BCUT2D eigenvalue weighted by atomic mass is 9.90. The third-order valence-electron chi connectivity index (χ3n) is 3.77.